The number of carbonyl (C=O) groups excluding carboxylic acids is 1. The molecule has 0 aromatic heterocycles. The van der Waals surface area contributed by atoms with Crippen molar-refractivity contribution in [1.29, 1.82) is 0 Å². The van der Waals surface area contributed by atoms with Gasteiger partial charge in [-0.3, -0.25) is 9.79 Å². The van der Waals surface area contributed by atoms with E-state index in [4.69, 9.17) is 0 Å². The molecule has 2 N–H and O–H groups in total. The Morgan fingerprint density at radius 2 is 1.86 bits per heavy atom. The first kappa shape index (κ1) is 19.9. The van der Waals surface area contributed by atoms with Crippen LogP contribution in [0.3, 0.4) is 0 Å². The molecule has 5 heteroatoms. The Balaban J connectivity index is 1.43. The van der Waals surface area contributed by atoms with Crippen LogP contribution in [-0.4, -0.2) is 32.0 Å². The minimum Gasteiger partial charge on any atom is -0.356 e. The van der Waals surface area contributed by atoms with E-state index < -0.39 is 0 Å². The zero-order valence-corrected chi connectivity index (χ0v) is 16.8. The van der Waals surface area contributed by atoms with Crippen LogP contribution in [0.1, 0.15) is 43.2 Å². The average Bonchev–Trinajstić information content (AvgIpc) is 3.17. The topological polar surface area (TPSA) is 56.7 Å². The van der Waals surface area contributed by atoms with Crippen LogP contribution in [0.4, 0.5) is 5.69 Å². The van der Waals surface area contributed by atoms with E-state index in [-0.39, 0.29) is 5.91 Å². The molecule has 1 fully saturated rings. The lowest BCUT2D eigenvalue weighted by Crippen LogP contribution is -2.37. The summed E-state index contributed by atoms with van der Waals surface area (Å²) in [7, 11) is 1.79. The number of nitrogens with zero attached hydrogens (tertiary/aromatic N) is 2. The molecule has 0 radical (unpaired) electrons. The van der Waals surface area contributed by atoms with Gasteiger partial charge >= 0.3 is 0 Å². The Morgan fingerprint density at radius 1 is 1.11 bits per heavy atom. The molecule has 1 aliphatic heterocycles. The zero-order valence-electron chi connectivity index (χ0n) is 16.8. The van der Waals surface area contributed by atoms with Crippen molar-refractivity contribution in [3.05, 3.63) is 65.7 Å². The van der Waals surface area contributed by atoms with Crippen LogP contribution < -0.4 is 15.5 Å². The molecule has 0 saturated carbocycles. The van der Waals surface area contributed by atoms with Gasteiger partial charge in [0.15, 0.2) is 5.96 Å². The Kier molecular flexibility index (Phi) is 7.06. The lowest BCUT2D eigenvalue weighted by Gasteiger charge is -2.17. The molecule has 1 amide bonds. The van der Waals surface area contributed by atoms with Crippen LogP contribution in [0.15, 0.2) is 59.6 Å². The van der Waals surface area contributed by atoms with Gasteiger partial charge in [-0.25, -0.2) is 0 Å². The lowest BCUT2D eigenvalue weighted by molar-refractivity contribution is -0.117. The predicted molar refractivity (Wildman–Crippen MR) is 116 cm³/mol. The highest BCUT2D eigenvalue weighted by Gasteiger charge is 2.21. The fraction of sp³-hybridized carbons (Fsp3) is 0.391. The van der Waals surface area contributed by atoms with Crippen LogP contribution in [-0.2, 0) is 11.3 Å². The third-order valence-electron chi connectivity index (χ3n) is 5.24. The van der Waals surface area contributed by atoms with E-state index in [9.17, 15) is 4.79 Å². The first-order valence-electron chi connectivity index (χ1n) is 10.1. The van der Waals surface area contributed by atoms with Crippen molar-refractivity contribution < 1.29 is 4.79 Å². The van der Waals surface area contributed by atoms with Crippen LogP contribution in [0.25, 0.3) is 0 Å². The van der Waals surface area contributed by atoms with Crippen molar-refractivity contribution in [2.75, 3.05) is 25.0 Å². The molecular weight excluding hydrogens is 348 g/mol. The third-order valence-corrected chi connectivity index (χ3v) is 5.24. The van der Waals surface area contributed by atoms with Crippen molar-refractivity contribution in [3.63, 3.8) is 0 Å². The van der Waals surface area contributed by atoms with Gasteiger partial charge in [-0.1, -0.05) is 49.4 Å². The lowest BCUT2D eigenvalue weighted by atomic mass is 9.98. The predicted octanol–water partition coefficient (Wildman–Crippen LogP) is 3.67. The van der Waals surface area contributed by atoms with Crippen LogP contribution >= 0.6 is 0 Å². The van der Waals surface area contributed by atoms with Crippen LogP contribution in [0.2, 0.25) is 0 Å². The quantitative estimate of drug-likeness (QED) is 0.571. The van der Waals surface area contributed by atoms with Crippen LogP contribution in [0.5, 0.6) is 0 Å². The molecule has 28 heavy (non-hydrogen) atoms. The summed E-state index contributed by atoms with van der Waals surface area (Å²) in [6.07, 6.45) is 2.66. The molecule has 3 rings (SSSR count). The molecule has 0 spiro atoms. The average molecular weight is 379 g/mol. The summed E-state index contributed by atoms with van der Waals surface area (Å²) in [5, 5.41) is 6.74. The number of amides is 1. The van der Waals surface area contributed by atoms with E-state index in [1.165, 1.54) is 5.56 Å². The summed E-state index contributed by atoms with van der Waals surface area (Å²) in [4.78, 5) is 18.0. The third kappa shape index (κ3) is 5.35. The minimum atomic E-state index is 0.222. The van der Waals surface area contributed by atoms with E-state index in [0.717, 1.165) is 43.1 Å². The van der Waals surface area contributed by atoms with Crippen molar-refractivity contribution in [2.45, 2.75) is 38.6 Å². The second-order valence-electron chi connectivity index (χ2n) is 7.27. The molecular formula is C23H30N4O. The molecule has 148 valence electrons. The summed E-state index contributed by atoms with van der Waals surface area (Å²) >= 11 is 0. The maximum Gasteiger partial charge on any atom is 0.227 e. The molecule has 1 aliphatic rings. The van der Waals surface area contributed by atoms with E-state index in [1.54, 1.807) is 7.05 Å². The Bertz CT molecular complexity index is 786. The highest BCUT2D eigenvalue weighted by Crippen LogP contribution is 2.21. The fourth-order valence-electron chi connectivity index (χ4n) is 3.48. The van der Waals surface area contributed by atoms with Gasteiger partial charge in [-0.15, -0.1) is 0 Å². The number of hydrogen-bond acceptors (Lipinski definition) is 2. The summed E-state index contributed by atoms with van der Waals surface area (Å²) < 4.78 is 0. The van der Waals surface area contributed by atoms with E-state index in [1.807, 2.05) is 17.0 Å². The number of guanidine groups is 1. The maximum atomic E-state index is 11.8. The van der Waals surface area contributed by atoms with Crippen LogP contribution in [0, 0.1) is 0 Å². The molecule has 1 unspecified atom stereocenters. The minimum absolute atomic E-state index is 0.222. The smallest absolute Gasteiger partial charge is 0.227 e. The number of carbonyl (C=O) groups is 1. The summed E-state index contributed by atoms with van der Waals surface area (Å²) in [5.41, 5.74) is 3.52. The molecule has 0 bridgehead atoms. The Morgan fingerprint density at radius 3 is 2.50 bits per heavy atom. The standard InChI is InChI=1S/C23H30N4O/c1-18(20-7-4-3-5-8-20)14-15-25-23(24-2)26-17-19-10-12-21(13-11-19)27-16-6-9-22(27)28/h3-5,7-8,10-13,18H,6,9,14-17H2,1-2H3,(H2,24,25,26). The zero-order chi connectivity index (χ0) is 19.8. The van der Waals surface area contributed by atoms with Gasteiger partial charge in [0, 0.05) is 38.8 Å². The number of rotatable bonds is 7. The number of benzene rings is 2. The normalized spacial score (nSPS) is 15.6. The number of anilines is 1. The Hall–Kier alpha value is -2.82. The molecule has 0 aliphatic carbocycles. The van der Waals surface area contributed by atoms with Gasteiger partial charge in [0.1, 0.15) is 0 Å². The second-order valence-corrected chi connectivity index (χ2v) is 7.27. The largest absolute Gasteiger partial charge is 0.356 e. The highest BCUT2D eigenvalue weighted by molar-refractivity contribution is 5.95. The van der Waals surface area contributed by atoms with Gasteiger partial charge in [-0.05, 0) is 42.0 Å². The fourth-order valence-corrected chi connectivity index (χ4v) is 3.48. The van der Waals surface area contributed by atoms with Gasteiger partial charge in [0.2, 0.25) is 5.91 Å². The van der Waals surface area contributed by atoms with Crippen molar-refractivity contribution >= 4 is 17.6 Å². The van der Waals surface area contributed by atoms with Gasteiger partial charge < -0.3 is 15.5 Å². The first-order valence-corrected chi connectivity index (χ1v) is 10.1. The SMILES string of the molecule is CN=C(NCCC(C)c1ccccc1)NCc1ccc(N2CCCC2=O)cc1. The van der Waals surface area contributed by atoms with Gasteiger partial charge in [0.05, 0.1) is 0 Å². The van der Waals surface area contributed by atoms with Crippen molar-refractivity contribution in [2.24, 2.45) is 4.99 Å². The number of nitrogens with one attached hydrogen (secondary N) is 2. The molecule has 1 atom stereocenters. The summed E-state index contributed by atoms with van der Waals surface area (Å²) in [6, 6.07) is 18.8. The van der Waals surface area contributed by atoms with Gasteiger partial charge in [0.25, 0.3) is 0 Å². The summed E-state index contributed by atoms with van der Waals surface area (Å²) in [6.45, 7) is 4.64. The van der Waals surface area contributed by atoms with Gasteiger partial charge in [-0.2, -0.15) is 0 Å². The van der Waals surface area contributed by atoms with E-state index >= 15 is 0 Å². The monoisotopic (exact) mass is 378 g/mol. The highest BCUT2D eigenvalue weighted by atomic mass is 16.2. The van der Waals surface area contributed by atoms with Crippen molar-refractivity contribution in [1.82, 2.24) is 10.6 Å². The molecule has 1 heterocycles. The molecule has 1 saturated heterocycles. The number of hydrogen-bond donors (Lipinski definition) is 2. The molecule has 5 nitrogen and oxygen atoms in total. The number of aliphatic imine (C=N–C) groups is 1. The molecule has 2 aromatic rings. The maximum absolute atomic E-state index is 11.8. The van der Waals surface area contributed by atoms with E-state index in [2.05, 4.69) is 65.0 Å². The first-order chi connectivity index (χ1) is 13.7. The molecule has 2 aromatic carbocycles. The summed E-state index contributed by atoms with van der Waals surface area (Å²) in [5.74, 6) is 1.53. The van der Waals surface area contributed by atoms with E-state index in [0.29, 0.717) is 18.9 Å². The van der Waals surface area contributed by atoms with Crippen molar-refractivity contribution in [3.8, 4) is 0 Å². The second kappa shape index (κ2) is 9.93. The Labute approximate surface area is 167 Å².